The molecule has 10 nitrogen and oxygen atoms in total. The van der Waals surface area contributed by atoms with Crippen molar-refractivity contribution in [1.82, 2.24) is 16.0 Å². The molecule has 0 aromatic rings. The average molecular weight is 424 g/mol. The fourth-order valence-electron chi connectivity index (χ4n) is 1.95. The minimum absolute atomic E-state index is 0.0144. The van der Waals surface area contributed by atoms with Crippen LogP contribution in [0.2, 0.25) is 0 Å². The van der Waals surface area contributed by atoms with E-state index in [1.54, 1.807) is 0 Å². The fourth-order valence-corrected chi connectivity index (χ4v) is 2.47. The molecule has 156 valence electrons. The molecule has 0 spiro atoms. The zero-order valence-electron chi connectivity index (χ0n) is 15.2. The molecule has 4 unspecified atom stereocenters. The quantitative estimate of drug-likeness (QED) is 0.123. The van der Waals surface area contributed by atoms with E-state index in [1.165, 1.54) is 6.92 Å². The van der Waals surface area contributed by atoms with Gasteiger partial charge < -0.3 is 32.5 Å². The summed E-state index contributed by atoms with van der Waals surface area (Å²) < 4.78 is 0. The van der Waals surface area contributed by atoms with Crippen LogP contribution in [0.3, 0.4) is 0 Å². The van der Waals surface area contributed by atoms with Crippen molar-refractivity contribution in [2.24, 2.45) is 11.5 Å². The Kier molecular flexibility index (Phi) is 12.9. The molecule has 0 aromatic carbocycles. The summed E-state index contributed by atoms with van der Waals surface area (Å²) in [7, 11) is 0. The van der Waals surface area contributed by atoms with Crippen LogP contribution in [0.25, 0.3) is 0 Å². The van der Waals surface area contributed by atoms with Gasteiger partial charge in [0.25, 0.3) is 0 Å². The number of aliphatic carboxylic acids is 1. The smallest absolute Gasteiger partial charge is 0.325 e. The number of amides is 3. The van der Waals surface area contributed by atoms with Gasteiger partial charge in [0.1, 0.15) is 18.1 Å². The van der Waals surface area contributed by atoms with Crippen LogP contribution in [-0.2, 0) is 19.2 Å². The third-order valence-corrected chi connectivity index (χ3v) is 4.40. The first-order valence-corrected chi connectivity index (χ1v) is 9.75. The van der Waals surface area contributed by atoms with Crippen LogP contribution in [0.4, 0.5) is 0 Å². The number of nitrogens with one attached hydrogen (secondary N) is 3. The molecule has 0 saturated heterocycles. The van der Waals surface area contributed by atoms with Crippen molar-refractivity contribution in [2.75, 3.05) is 18.1 Å². The van der Waals surface area contributed by atoms with E-state index in [2.05, 4.69) is 41.2 Å². The van der Waals surface area contributed by atoms with Crippen LogP contribution in [0.5, 0.6) is 0 Å². The highest BCUT2D eigenvalue weighted by Gasteiger charge is 2.27. The van der Waals surface area contributed by atoms with Crippen molar-refractivity contribution in [3.05, 3.63) is 0 Å². The van der Waals surface area contributed by atoms with Gasteiger partial charge in [0.05, 0.1) is 6.04 Å². The van der Waals surface area contributed by atoms with Gasteiger partial charge in [-0.2, -0.15) is 25.3 Å². The Morgan fingerprint density at radius 3 is 1.85 bits per heavy atom. The maximum atomic E-state index is 12.3. The Morgan fingerprint density at radius 2 is 1.41 bits per heavy atom. The lowest BCUT2D eigenvalue weighted by molar-refractivity contribution is -0.141. The first-order chi connectivity index (χ1) is 12.7. The zero-order valence-corrected chi connectivity index (χ0v) is 17.0. The molecule has 27 heavy (non-hydrogen) atoms. The predicted molar refractivity (Wildman–Crippen MR) is 108 cm³/mol. The molecular formula is C15H29N5O5S2. The van der Waals surface area contributed by atoms with E-state index < -0.39 is 47.9 Å². The maximum absolute atomic E-state index is 12.3. The van der Waals surface area contributed by atoms with Crippen molar-refractivity contribution in [3.8, 4) is 0 Å². The lowest BCUT2D eigenvalue weighted by Gasteiger charge is -2.23. The number of hydrogen-bond acceptors (Lipinski definition) is 8. The molecule has 12 heteroatoms. The summed E-state index contributed by atoms with van der Waals surface area (Å²) in [5.74, 6) is -3.14. The van der Waals surface area contributed by atoms with E-state index in [4.69, 9.17) is 16.6 Å². The first kappa shape index (κ1) is 25.5. The van der Waals surface area contributed by atoms with E-state index in [1.807, 2.05) is 0 Å². The molecule has 0 fully saturated rings. The van der Waals surface area contributed by atoms with Crippen molar-refractivity contribution < 1.29 is 24.3 Å². The molecule has 0 bridgehead atoms. The highest BCUT2D eigenvalue weighted by Crippen LogP contribution is 2.00. The first-order valence-electron chi connectivity index (χ1n) is 8.49. The molecule has 0 saturated carbocycles. The molecule has 3 amide bonds. The monoisotopic (exact) mass is 423 g/mol. The van der Waals surface area contributed by atoms with E-state index in [-0.39, 0.29) is 11.5 Å². The second-order valence-electron chi connectivity index (χ2n) is 5.95. The molecule has 0 rings (SSSR count). The molecule has 8 N–H and O–H groups in total. The Balaban J connectivity index is 4.73. The van der Waals surface area contributed by atoms with E-state index in [0.717, 1.165) is 6.42 Å². The van der Waals surface area contributed by atoms with E-state index in [0.29, 0.717) is 19.4 Å². The predicted octanol–water partition coefficient (Wildman–Crippen LogP) is -2.14. The molecule has 0 aromatic heterocycles. The van der Waals surface area contributed by atoms with Crippen LogP contribution in [-0.4, -0.2) is 71.0 Å². The third kappa shape index (κ3) is 9.84. The van der Waals surface area contributed by atoms with Crippen molar-refractivity contribution >= 4 is 48.9 Å². The van der Waals surface area contributed by atoms with E-state index >= 15 is 0 Å². The number of hydrogen-bond donors (Lipinski definition) is 8. The number of nitrogens with two attached hydrogens (primary N) is 2. The Hall–Kier alpha value is -1.50. The van der Waals surface area contributed by atoms with E-state index in [9.17, 15) is 19.2 Å². The number of thiol groups is 2. The van der Waals surface area contributed by atoms with Gasteiger partial charge in [0, 0.05) is 11.5 Å². The van der Waals surface area contributed by atoms with Gasteiger partial charge in [0.2, 0.25) is 17.7 Å². The number of carbonyl (C=O) groups excluding carboxylic acids is 3. The van der Waals surface area contributed by atoms with Crippen LogP contribution in [0.1, 0.15) is 26.2 Å². The summed E-state index contributed by atoms with van der Waals surface area (Å²) in [5.41, 5.74) is 11.2. The fraction of sp³-hybridized carbons (Fsp3) is 0.733. The summed E-state index contributed by atoms with van der Waals surface area (Å²) >= 11 is 8.03. The van der Waals surface area contributed by atoms with Crippen molar-refractivity contribution in [2.45, 2.75) is 50.4 Å². The summed E-state index contributed by atoms with van der Waals surface area (Å²) in [5, 5.41) is 16.0. The highest BCUT2D eigenvalue weighted by atomic mass is 32.1. The minimum Gasteiger partial charge on any atom is -0.480 e. The van der Waals surface area contributed by atoms with Gasteiger partial charge in [-0.05, 0) is 26.3 Å². The summed E-state index contributed by atoms with van der Waals surface area (Å²) in [6, 6.07) is -3.98. The molecule has 0 aliphatic carbocycles. The molecule has 4 atom stereocenters. The highest BCUT2D eigenvalue weighted by molar-refractivity contribution is 7.80. The van der Waals surface area contributed by atoms with Gasteiger partial charge in [0.15, 0.2) is 0 Å². The van der Waals surface area contributed by atoms with Crippen molar-refractivity contribution in [3.63, 3.8) is 0 Å². The summed E-state index contributed by atoms with van der Waals surface area (Å²) in [6.07, 6.45) is 1.86. The number of rotatable bonds is 13. The Morgan fingerprint density at radius 1 is 0.926 bits per heavy atom. The molecule has 0 aliphatic heterocycles. The number of unbranched alkanes of at least 4 members (excludes halogenated alkanes) is 1. The topological polar surface area (TPSA) is 177 Å². The maximum Gasteiger partial charge on any atom is 0.325 e. The van der Waals surface area contributed by atoms with Gasteiger partial charge in [-0.3, -0.25) is 19.2 Å². The molecular weight excluding hydrogens is 394 g/mol. The third-order valence-electron chi connectivity index (χ3n) is 3.67. The lowest BCUT2D eigenvalue weighted by atomic mass is 10.1. The number of carboxylic acid groups (broad SMARTS) is 1. The van der Waals surface area contributed by atoms with Gasteiger partial charge >= 0.3 is 5.97 Å². The largest absolute Gasteiger partial charge is 0.480 e. The standard InChI is InChI=1S/C15H29N5O5S2/c1-8(15(24)25)18-13(22)10(6-26)20-14(23)11(7-27)19-12(21)9(17)4-2-3-5-16/h8-11,26-27H,2-7,16-17H2,1H3,(H,18,22)(H,19,21)(H,20,23)(H,24,25). The van der Waals surface area contributed by atoms with Crippen LogP contribution >= 0.6 is 25.3 Å². The lowest BCUT2D eigenvalue weighted by Crippen LogP contribution is -2.57. The Labute approximate surface area is 169 Å². The van der Waals surface area contributed by atoms with Crippen LogP contribution < -0.4 is 27.4 Å². The van der Waals surface area contributed by atoms with Crippen LogP contribution in [0.15, 0.2) is 0 Å². The summed E-state index contributed by atoms with van der Waals surface area (Å²) in [6.45, 7) is 1.80. The average Bonchev–Trinajstić information content (AvgIpc) is 2.63. The second kappa shape index (κ2) is 13.6. The minimum atomic E-state index is -1.21. The van der Waals surface area contributed by atoms with Crippen molar-refractivity contribution in [1.29, 1.82) is 0 Å². The molecule has 0 radical (unpaired) electrons. The van der Waals surface area contributed by atoms with Gasteiger partial charge in [-0.25, -0.2) is 0 Å². The van der Waals surface area contributed by atoms with Gasteiger partial charge in [-0.15, -0.1) is 0 Å². The van der Waals surface area contributed by atoms with Gasteiger partial charge in [-0.1, -0.05) is 6.42 Å². The SMILES string of the molecule is CC(NC(=O)C(CS)NC(=O)C(CS)NC(=O)C(N)CCCCN)C(=O)O. The normalized spacial score (nSPS) is 15.1. The molecule has 0 aliphatic rings. The van der Waals surface area contributed by atoms with Crippen LogP contribution in [0, 0.1) is 0 Å². The second-order valence-corrected chi connectivity index (χ2v) is 6.68. The Bertz CT molecular complexity index is 523. The number of carboxylic acids is 1. The summed E-state index contributed by atoms with van der Waals surface area (Å²) in [4.78, 5) is 47.2. The number of carbonyl (C=O) groups is 4. The molecule has 0 heterocycles. The zero-order chi connectivity index (χ0) is 21.0.